The van der Waals surface area contributed by atoms with Crippen LogP contribution >= 0.6 is 12.4 Å². The molecule has 0 fully saturated rings. The molecule has 0 saturated carbocycles. The van der Waals surface area contributed by atoms with Gasteiger partial charge < -0.3 is 30.8 Å². The second-order valence-corrected chi connectivity index (χ2v) is 5.56. The van der Waals surface area contributed by atoms with Gasteiger partial charge in [-0.2, -0.15) is 0 Å². The molecule has 3 rings (SSSR count). The SMILES string of the molecule is CCOc1cc2c(Nc3ccc(OC)cc3)ccnc2nc1/C=C/C(=O)O.Cl.O.O. The topological polar surface area (TPSA) is 157 Å². The Kier molecular flexibility index (Phi) is 10.8. The molecule has 2 heterocycles. The van der Waals surface area contributed by atoms with E-state index >= 15 is 0 Å². The van der Waals surface area contributed by atoms with Crippen molar-refractivity contribution >= 4 is 46.9 Å². The van der Waals surface area contributed by atoms with Gasteiger partial charge in [-0.1, -0.05) is 0 Å². The summed E-state index contributed by atoms with van der Waals surface area (Å²) in [5.41, 5.74) is 2.60. The molecule has 0 amide bonds. The van der Waals surface area contributed by atoms with Crippen LogP contribution in [0.3, 0.4) is 0 Å². The Morgan fingerprint density at radius 3 is 2.50 bits per heavy atom. The molecular weight excluding hydrogens is 414 g/mol. The molecule has 0 spiro atoms. The smallest absolute Gasteiger partial charge is 0.328 e. The van der Waals surface area contributed by atoms with Crippen LogP contribution in [0, 0.1) is 0 Å². The summed E-state index contributed by atoms with van der Waals surface area (Å²) in [7, 11) is 1.62. The standard InChI is InChI=1S/C20H19N3O4.ClH.2H2O/c1-3-27-18-12-15-16(22-13-4-6-14(26-2)7-5-13)10-11-21-20(15)23-17(18)8-9-19(24)25;;;/h4-12H,3H2,1-2H3,(H,24,25)(H,21,22,23);1H;2*1H2/b9-8+;;;. The molecule has 162 valence electrons. The highest BCUT2D eigenvalue weighted by Gasteiger charge is 2.11. The molecule has 0 saturated heterocycles. The van der Waals surface area contributed by atoms with Gasteiger partial charge in [0.1, 0.15) is 17.2 Å². The number of rotatable bonds is 7. The van der Waals surface area contributed by atoms with E-state index in [2.05, 4.69) is 15.3 Å². The van der Waals surface area contributed by atoms with Crippen molar-refractivity contribution < 1.29 is 30.3 Å². The zero-order valence-corrected chi connectivity index (χ0v) is 17.2. The summed E-state index contributed by atoms with van der Waals surface area (Å²) in [6.45, 7) is 2.29. The monoisotopic (exact) mass is 437 g/mol. The molecule has 0 aliphatic carbocycles. The lowest BCUT2D eigenvalue weighted by Gasteiger charge is -2.12. The van der Waals surface area contributed by atoms with E-state index in [4.69, 9.17) is 14.6 Å². The number of carboxylic acids is 1. The maximum absolute atomic E-state index is 10.8. The van der Waals surface area contributed by atoms with Crippen LogP contribution in [-0.2, 0) is 4.79 Å². The zero-order valence-electron chi connectivity index (χ0n) is 16.4. The number of nitrogens with one attached hydrogen (secondary N) is 1. The Balaban J connectivity index is 0.00000280. The molecule has 0 radical (unpaired) electrons. The minimum atomic E-state index is -1.05. The number of aliphatic carboxylic acids is 1. The van der Waals surface area contributed by atoms with Crippen molar-refractivity contribution in [2.24, 2.45) is 0 Å². The summed E-state index contributed by atoms with van der Waals surface area (Å²) in [6.07, 6.45) is 4.07. The van der Waals surface area contributed by atoms with E-state index in [-0.39, 0.29) is 23.4 Å². The summed E-state index contributed by atoms with van der Waals surface area (Å²) >= 11 is 0. The summed E-state index contributed by atoms with van der Waals surface area (Å²) in [5, 5.41) is 13.0. The Morgan fingerprint density at radius 1 is 1.20 bits per heavy atom. The van der Waals surface area contributed by atoms with E-state index in [1.807, 2.05) is 43.3 Å². The van der Waals surface area contributed by atoms with Crippen molar-refractivity contribution in [3.63, 3.8) is 0 Å². The molecule has 30 heavy (non-hydrogen) atoms. The molecule has 0 bridgehead atoms. The van der Waals surface area contributed by atoms with Crippen molar-refractivity contribution in [2.75, 3.05) is 19.0 Å². The van der Waals surface area contributed by atoms with Crippen molar-refractivity contribution in [1.82, 2.24) is 9.97 Å². The first-order valence-electron chi connectivity index (χ1n) is 8.35. The fraction of sp³-hybridized carbons (Fsp3) is 0.150. The predicted octanol–water partition coefficient (Wildman–Crippen LogP) is 2.65. The van der Waals surface area contributed by atoms with Gasteiger partial charge in [0, 0.05) is 23.3 Å². The number of nitrogens with zero attached hydrogens (tertiary/aromatic N) is 2. The van der Waals surface area contributed by atoms with Crippen molar-refractivity contribution in [2.45, 2.75) is 6.92 Å². The van der Waals surface area contributed by atoms with Gasteiger partial charge in [-0.15, -0.1) is 12.4 Å². The Labute approximate surface area is 179 Å². The maximum atomic E-state index is 10.8. The Bertz CT molecular complexity index is 996. The lowest BCUT2D eigenvalue weighted by atomic mass is 10.2. The molecular formula is C20H24ClN3O6. The van der Waals surface area contributed by atoms with Gasteiger partial charge in [0.15, 0.2) is 5.65 Å². The largest absolute Gasteiger partial charge is 0.497 e. The number of carboxylic acid groups (broad SMARTS) is 1. The van der Waals surface area contributed by atoms with Crippen LogP contribution in [0.25, 0.3) is 17.1 Å². The van der Waals surface area contributed by atoms with Gasteiger partial charge in [-0.25, -0.2) is 14.8 Å². The van der Waals surface area contributed by atoms with Gasteiger partial charge >= 0.3 is 5.97 Å². The van der Waals surface area contributed by atoms with E-state index in [0.717, 1.165) is 28.6 Å². The molecule has 3 aromatic rings. The highest BCUT2D eigenvalue weighted by molar-refractivity contribution is 5.93. The van der Waals surface area contributed by atoms with E-state index in [1.165, 1.54) is 6.08 Å². The zero-order chi connectivity index (χ0) is 19.2. The van der Waals surface area contributed by atoms with Gasteiger partial charge in [0.2, 0.25) is 0 Å². The number of methoxy groups -OCH3 is 1. The average molecular weight is 438 g/mol. The van der Waals surface area contributed by atoms with E-state index in [0.29, 0.717) is 23.7 Å². The van der Waals surface area contributed by atoms with Crippen LogP contribution in [0.4, 0.5) is 11.4 Å². The lowest BCUT2D eigenvalue weighted by Crippen LogP contribution is -2.00. The van der Waals surface area contributed by atoms with Crippen molar-refractivity contribution in [3.8, 4) is 11.5 Å². The van der Waals surface area contributed by atoms with Gasteiger partial charge in [0.05, 0.1) is 19.4 Å². The summed E-state index contributed by atoms with van der Waals surface area (Å²) in [4.78, 5) is 19.6. The first kappa shape index (κ1) is 26.6. The number of anilines is 2. The Hall–Kier alpha value is -3.40. The summed E-state index contributed by atoms with van der Waals surface area (Å²) in [6, 6.07) is 11.2. The number of hydrogen-bond donors (Lipinski definition) is 2. The third kappa shape index (κ3) is 6.31. The first-order chi connectivity index (χ1) is 13.1. The van der Waals surface area contributed by atoms with Gasteiger partial charge in [0.25, 0.3) is 0 Å². The highest BCUT2D eigenvalue weighted by atomic mass is 35.5. The molecule has 9 nitrogen and oxygen atoms in total. The summed E-state index contributed by atoms with van der Waals surface area (Å²) < 4.78 is 10.8. The third-order valence-corrected chi connectivity index (χ3v) is 3.78. The quantitative estimate of drug-likeness (QED) is 0.537. The Morgan fingerprint density at radius 2 is 1.90 bits per heavy atom. The van der Waals surface area contributed by atoms with E-state index in [1.54, 1.807) is 13.3 Å². The number of ether oxygens (including phenoxy) is 2. The minimum Gasteiger partial charge on any atom is -0.497 e. The number of fused-ring (bicyclic) bond motifs is 1. The lowest BCUT2D eigenvalue weighted by molar-refractivity contribution is -0.131. The van der Waals surface area contributed by atoms with Crippen LogP contribution in [-0.4, -0.2) is 45.7 Å². The van der Waals surface area contributed by atoms with Crippen LogP contribution < -0.4 is 14.8 Å². The van der Waals surface area contributed by atoms with Crippen molar-refractivity contribution in [1.29, 1.82) is 0 Å². The van der Waals surface area contributed by atoms with Crippen LogP contribution in [0.2, 0.25) is 0 Å². The van der Waals surface area contributed by atoms with E-state index < -0.39 is 5.97 Å². The fourth-order valence-electron chi connectivity index (χ4n) is 2.55. The van der Waals surface area contributed by atoms with Crippen LogP contribution in [0.15, 0.2) is 48.7 Å². The maximum Gasteiger partial charge on any atom is 0.328 e. The molecule has 0 aliphatic heterocycles. The van der Waals surface area contributed by atoms with Crippen LogP contribution in [0.5, 0.6) is 11.5 Å². The van der Waals surface area contributed by atoms with Gasteiger partial charge in [-0.05, 0) is 49.4 Å². The normalized spacial score (nSPS) is 9.80. The predicted molar refractivity (Wildman–Crippen MR) is 118 cm³/mol. The number of carbonyl (C=O) groups is 1. The van der Waals surface area contributed by atoms with Crippen LogP contribution in [0.1, 0.15) is 12.6 Å². The molecule has 0 atom stereocenters. The molecule has 0 aliphatic rings. The molecule has 2 aromatic heterocycles. The number of benzene rings is 1. The second kappa shape index (κ2) is 12.2. The molecule has 10 heteroatoms. The summed E-state index contributed by atoms with van der Waals surface area (Å²) in [5.74, 6) is 0.214. The number of aromatic nitrogens is 2. The molecule has 6 N–H and O–H groups in total. The number of halogens is 1. The van der Waals surface area contributed by atoms with Crippen molar-refractivity contribution in [3.05, 3.63) is 54.4 Å². The first-order valence-corrected chi connectivity index (χ1v) is 8.35. The second-order valence-electron chi connectivity index (χ2n) is 5.56. The number of pyridine rings is 2. The van der Waals surface area contributed by atoms with E-state index in [9.17, 15) is 4.79 Å². The molecule has 1 aromatic carbocycles. The minimum absolute atomic E-state index is 0. The molecule has 0 unspecified atom stereocenters. The highest BCUT2D eigenvalue weighted by Crippen LogP contribution is 2.30. The van der Waals surface area contributed by atoms with Gasteiger partial charge in [-0.3, -0.25) is 0 Å². The third-order valence-electron chi connectivity index (χ3n) is 3.78. The number of hydrogen-bond acceptors (Lipinski definition) is 6. The average Bonchev–Trinajstić information content (AvgIpc) is 2.67. The fourth-order valence-corrected chi connectivity index (χ4v) is 2.55.